The molecule has 130 valence electrons. The van der Waals surface area contributed by atoms with E-state index in [2.05, 4.69) is 4.98 Å². The van der Waals surface area contributed by atoms with E-state index in [9.17, 15) is 4.79 Å². The molecule has 0 aliphatic rings. The highest BCUT2D eigenvalue weighted by Gasteiger charge is 2.32. The highest BCUT2D eigenvalue weighted by atomic mass is 35.5. The fourth-order valence-electron chi connectivity index (χ4n) is 2.24. The van der Waals surface area contributed by atoms with E-state index in [4.69, 9.17) is 32.7 Å². The molecule has 0 saturated carbocycles. The molecule has 0 aliphatic heterocycles. The quantitative estimate of drug-likeness (QED) is 0.611. The van der Waals surface area contributed by atoms with E-state index in [1.807, 2.05) is 0 Å². The first-order valence-corrected chi connectivity index (χ1v) is 8.34. The number of nitrogens with zero attached hydrogens (tertiary/aromatic N) is 2. The summed E-state index contributed by atoms with van der Waals surface area (Å²) in [7, 11) is 0. The number of pyridine rings is 1. The van der Waals surface area contributed by atoms with Crippen LogP contribution in [0.1, 0.15) is 19.5 Å². The van der Waals surface area contributed by atoms with E-state index in [0.717, 1.165) is 5.65 Å². The van der Waals surface area contributed by atoms with Gasteiger partial charge >= 0.3 is 5.97 Å². The lowest BCUT2D eigenvalue weighted by atomic mass is 10.1. The molecular formula is C18H16Cl2N2O3. The standard InChI is InChI=1S/C18H16Cl2N2O3/c1-18(2,25-15-6-3-12(19)4-7-15)17(23)24-11-14-10-22-9-13(20)5-8-16(22)21-14/h3-10H,11H2,1-2H3. The molecule has 0 atom stereocenters. The first-order chi connectivity index (χ1) is 11.8. The molecule has 0 N–H and O–H groups in total. The summed E-state index contributed by atoms with van der Waals surface area (Å²) in [6, 6.07) is 10.3. The number of carbonyl (C=O) groups excluding carboxylic acids is 1. The van der Waals surface area contributed by atoms with Gasteiger partial charge in [-0.2, -0.15) is 0 Å². The number of esters is 1. The minimum atomic E-state index is -1.14. The predicted molar refractivity (Wildman–Crippen MR) is 96.2 cm³/mol. The van der Waals surface area contributed by atoms with Crippen LogP contribution in [0.15, 0.2) is 48.8 Å². The van der Waals surface area contributed by atoms with E-state index < -0.39 is 11.6 Å². The Morgan fingerprint density at radius 1 is 1.08 bits per heavy atom. The van der Waals surface area contributed by atoms with Gasteiger partial charge < -0.3 is 13.9 Å². The summed E-state index contributed by atoms with van der Waals surface area (Å²) < 4.78 is 12.8. The molecule has 1 aromatic carbocycles. The van der Waals surface area contributed by atoms with Crippen LogP contribution in [0.3, 0.4) is 0 Å². The van der Waals surface area contributed by atoms with Crippen molar-refractivity contribution in [3.05, 3.63) is 64.5 Å². The molecule has 0 spiro atoms. The van der Waals surface area contributed by atoms with E-state index in [1.54, 1.807) is 67.0 Å². The number of imidazole rings is 1. The number of benzene rings is 1. The molecular weight excluding hydrogens is 363 g/mol. The Kier molecular flexibility index (Phi) is 4.88. The number of aromatic nitrogens is 2. The third-order valence-corrected chi connectivity index (χ3v) is 3.97. The van der Waals surface area contributed by atoms with E-state index in [0.29, 0.717) is 21.5 Å². The molecule has 25 heavy (non-hydrogen) atoms. The van der Waals surface area contributed by atoms with Crippen molar-refractivity contribution < 1.29 is 14.3 Å². The van der Waals surface area contributed by atoms with E-state index >= 15 is 0 Å². The number of halogens is 2. The van der Waals surface area contributed by atoms with Crippen molar-refractivity contribution in [1.82, 2.24) is 9.38 Å². The van der Waals surface area contributed by atoms with Gasteiger partial charge in [-0.25, -0.2) is 9.78 Å². The molecule has 0 saturated heterocycles. The molecule has 3 aromatic rings. The average Bonchev–Trinajstić information content (AvgIpc) is 2.96. The van der Waals surface area contributed by atoms with Gasteiger partial charge in [-0.05, 0) is 50.2 Å². The summed E-state index contributed by atoms with van der Waals surface area (Å²) in [5.41, 5.74) is 0.209. The SMILES string of the molecule is CC(C)(Oc1ccc(Cl)cc1)C(=O)OCc1cn2cc(Cl)ccc2n1. The second-order valence-electron chi connectivity index (χ2n) is 5.99. The number of ether oxygens (including phenoxy) is 2. The van der Waals surface area contributed by atoms with Crippen LogP contribution in [0.2, 0.25) is 10.0 Å². The summed E-state index contributed by atoms with van der Waals surface area (Å²) in [6.07, 6.45) is 3.50. The zero-order valence-electron chi connectivity index (χ0n) is 13.7. The molecule has 0 fully saturated rings. The molecule has 0 bridgehead atoms. The van der Waals surface area contributed by atoms with Gasteiger partial charge in [0.15, 0.2) is 5.60 Å². The monoisotopic (exact) mass is 378 g/mol. The second-order valence-corrected chi connectivity index (χ2v) is 6.86. The van der Waals surface area contributed by atoms with Gasteiger partial charge in [-0.15, -0.1) is 0 Å². The normalized spacial score (nSPS) is 11.5. The summed E-state index contributed by atoms with van der Waals surface area (Å²) >= 11 is 11.8. The fraction of sp³-hybridized carbons (Fsp3) is 0.222. The molecule has 5 nitrogen and oxygen atoms in total. The number of carbonyl (C=O) groups is 1. The van der Waals surface area contributed by atoms with E-state index in [1.165, 1.54) is 0 Å². The Morgan fingerprint density at radius 2 is 1.76 bits per heavy atom. The zero-order chi connectivity index (χ0) is 18.0. The van der Waals surface area contributed by atoms with Gasteiger partial charge in [0.25, 0.3) is 0 Å². The lowest BCUT2D eigenvalue weighted by Gasteiger charge is -2.24. The molecule has 0 unspecified atom stereocenters. The van der Waals surface area contributed by atoms with Crippen molar-refractivity contribution in [2.24, 2.45) is 0 Å². The first kappa shape index (κ1) is 17.6. The lowest BCUT2D eigenvalue weighted by Crippen LogP contribution is -2.39. The van der Waals surface area contributed by atoms with Gasteiger partial charge in [0.2, 0.25) is 0 Å². The van der Waals surface area contributed by atoms with Crippen LogP contribution < -0.4 is 4.74 Å². The maximum Gasteiger partial charge on any atom is 0.350 e. The van der Waals surface area contributed by atoms with E-state index in [-0.39, 0.29) is 6.61 Å². The molecule has 2 aromatic heterocycles. The highest BCUT2D eigenvalue weighted by molar-refractivity contribution is 6.30. The van der Waals surface area contributed by atoms with Crippen LogP contribution in [0, 0.1) is 0 Å². The average molecular weight is 379 g/mol. The summed E-state index contributed by atoms with van der Waals surface area (Å²) in [5.74, 6) is 0.0475. The maximum absolute atomic E-state index is 12.3. The summed E-state index contributed by atoms with van der Waals surface area (Å²) in [6.45, 7) is 3.34. The number of rotatable bonds is 5. The van der Waals surface area contributed by atoms with Crippen LogP contribution >= 0.6 is 23.2 Å². The van der Waals surface area contributed by atoms with Crippen LogP contribution in [-0.4, -0.2) is 21.0 Å². The molecule has 0 amide bonds. The Morgan fingerprint density at radius 3 is 2.48 bits per heavy atom. The third kappa shape index (κ3) is 4.24. The lowest BCUT2D eigenvalue weighted by molar-refractivity contribution is -0.160. The molecule has 3 rings (SSSR count). The predicted octanol–water partition coefficient (Wildman–Crippen LogP) is 4.54. The van der Waals surface area contributed by atoms with Crippen LogP contribution in [0.5, 0.6) is 5.75 Å². The van der Waals surface area contributed by atoms with Crippen LogP contribution in [0.4, 0.5) is 0 Å². The molecule has 7 heteroatoms. The largest absolute Gasteiger partial charge is 0.476 e. The number of hydrogen-bond donors (Lipinski definition) is 0. The Balaban J connectivity index is 1.64. The second kappa shape index (κ2) is 6.94. The Bertz CT molecular complexity index is 904. The van der Waals surface area contributed by atoms with Gasteiger partial charge in [-0.3, -0.25) is 0 Å². The van der Waals surface area contributed by atoms with Gasteiger partial charge in [-0.1, -0.05) is 23.2 Å². The topological polar surface area (TPSA) is 52.8 Å². The van der Waals surface area contributed by atoms with Crippen molar-refractivity contribution in [3.63, 3.8) is 0 Å². The summed E-state index contributed by atoms with van der Waals surface area (Å²) in [5, 5.41) is 1.20. The van der Waals surface area contributed by atoms with Gasteiger partial charge in [0.1, 0.15) is 18.0 Å². The highest BCUT2D eigenvalue weighted by Crippen LogP contribution is 2.22. The minimum absolute atomic E-state index is 0.0472. The summed E-state index contributed by atoms with van der Waals surface area (Å²) in [4.78, 5) is 16.7. The smallest absolute Gasteiger partial charge is 0.350 e. The number of fused-ring (bicyclic) bond motifs is 1. The molecule has 0 radical (unpaired) electrons. The third-order valence-electron chi connectivity index (χ3n) is 3.49. The van der Waals surface area contributed by atoms with Crippen molar-refractivity contribution in [2.75, 3.05) is 0 Å². The van der Waals surface area contributed by atoms with Crippen molar-refractivity contribution in [2.45, 2.75) is 26.1 Å². The fourth-order valence-corrected chi connectivity index (χ4v) is 2.53. The maximum atomic E-state index is 12.3. The zero-order valence-corrected chi connectivity index (χ0v) is 15.2. The molecule has 0 aliphatic carbocycles. The molecule has 2 heterocycles. The van der Waals surface area contributed by atoms with Crippen LogP contribution in [0.25, 0.3) is 5.65 Å². The van der Waals surface area contributed by atoms with Crippen LogP contribution in [-0.2, 0) is 16.1 Å². The van der Waals surface area contributed by atoms with Crippen molar-refractivity contribution in [3.8, 4) is 5.75 Å². The van der Waals surface area contributed by atoms with Crippen molar-refractivity contribution in [1.29, 1.82) is 0 Å². The first-order valence-electron chi connectivity index (χ1n) is 7.58. The Labute approximate surface area is 155 Å². The van der Waals surface area contributed by atoms with Crippen molar-refractivity contribution >= 4 is 34.8 Å². The van der Waals surface area contributed by atoms with Gasteiger partial charge in [0, 0.05) is 17.4 Å². The van der Waals surface area contributed by atoms with Gasteiger partial charge in [0.05, 0.1) is 10.7 Å². The number of hydrogen-bond acceptors (Lipinski definition) is 4. The minimum Gasteiger partial charge on any atom is -0.476 e. The Hall–Kier alpha value is -2.24.